The molecule has 0 unspecified atom stereocenters. The van der Waals surface area contributed by atoms with Gasteiger partial charge in [0.05, 0.1) is 5.54 Å². The van der Waals surface area contributed by atoms with Crippen LogP contribution in [0.15, 0.2) is 12.7 Å². The monoisotopic (exact) mass is 141 g/mol. The molecular weight excluding hydrogens is 126 g/mol. The minimum atomic E-state index is -0.678. The van der Waals surface area contributed by atoms with Crippen LogP contribution in [0.3, 0.4) is 0 Å². The number of Topliss-reactive ketones (excluding diaryl/α,β-unsaturated/α-hetero) is 1. The Kier molecular flexibility index (Phi) is 3.30. The predicted octanol–water partition coefficient (Wildman–Crippen LogP) is 1.26. The molecule has 0 rings (SSSR count). The summed E-state index contributed by atoms with van der Waals surface area (Å²) in [7, 11) is 0. The highest BCUT2D eigenvalue weighted by Crippen LogP contribution is 2.04. The summed E-state index contributed by atoms with van der Waals surface area (Å²) in [4.78, 5) is 11.1. The van der Waals surface area contributed by atoms with E-state index in [0.29, 0.717) is 6.42 Å². The first-order valence-corrected chi connectivity index (χ1v) is 3.41. The molecule has 0 saturated carbocycles. The lowest BCUT2D eigenvalue weighted by atomic mass is 9.97. The molecule has 0 radical (unpaired) electrons. The summed E-state index contributed by atoms with van der Waals surface area (Å²) in [5, 5.41) is 0. The van der Waals surface area contributed by atoms with Crippen molar-refractivity contribution in [3.05, 3.63) is 12.7 Å². The highest BCUT2D eigenvalue weighted by atomic mass is 16.1. The van der Waals surface area contributed by atoms with Gasteiger partial charge in [0.1, 0.15) is 0 Å². The number of carbonyl (C=O) groups is 1. The van der Waals surface area contributed by atoms with Crippen LogP contribution in [0.5, 0.6) is 0 Å². The molecule has 0 saturated heterocycles. The fraction of sp³-hybridized carbons (Fsp3) is 0.625. The Morgan fingerprint density at radius 3 is 2.50 bits per heavy atom. The van der Waals surface area contributed by atoms with Crippen LogP contribution in [0.1, 0.15) is 26.7 Å². The zero-order valence-electron chi connectivity index (χ0n) is 6.68. The first kappa shape index (κ1) is 9.37. The second-order valence-electron chi connectivity index (χ2n) is 2.97. The lowest BCUT2D eigenvalue weighted by Crippen LogP contribution is -2.41. The molecule has 58 valence electrons. The zero-order valence-corrected chi connectivity index (χ0v) is 6.68. The Balaban J connectivity index is 3.74. The van der Waals surface area contributed by atoms with Gasteiger partial charge < -0.3 is 5.73 Å². The van der Waals surface area contributed by atoms with Gasteiger partial charge in [-0.05, 0) is 20.3 Å². The van der Waals surface area contributed by atoms with Crippen molar-refractivity contribution < 1.29 is 4.79 Å². The molecule has 0 aromatic carbocycles. The smallest absolute Gasteiger partial charge is 0.152 e. The molecule has 2 N–H and O–H groups in total. The molecule has 0 fully saturated rings. The molecule has 0 aromatic heterocycles. The van der Waals surface area contributed by atoms with E-state index in [4.69, 9.17) is 5.73 Å². The Morgan fingerprint density at radius 1 is 1.70 bits per heavy atom. The van der Waals surface area contributed by atoms with E-state index in [1.165, 1.54) is 0 Å². The van der Waals surface area contributed by atoms with E-state index in [1.807, 2.05) is 0 Å². The molecule has 0 heterocycles. The van der Waals surface area contributed by atoms with E-state index in [9.17, 15) is 4.79 Å². The van der Waals surface area contributed by atoms with Crippen molar-refractivity contribution in [3.63, 3.8) is 0 Å². The maximum Gasteiger partial charge on any atom is 0.152 e. The standard InChI is InChI=1S/C8H15NO/c1-4-5-6-7(10)8(2,3)9/h4H,1,5-6,9H2,2-3H3. The van der Waals surface area contributed by atoms with E-state index in [1.54, 1.807) is 19.9 Å². The van der Waals surface area contributed by atoms with Gasteiger partial charge in [-0.3, -0.25) is 4.79 Å². The zero-order chi connectivity index (χ0) is 8.20. The van der Waals surface area contributed by atoms with E-state index in [-0.39, 0.29) is 5.78 Å². The Hall–Kier alpha value is -0.630. The van der Waals surface area contributed by atoms with Gasteiger partial charge in [-0.2, -0.15) is 0 Å². The third kappa shape index (κ3) is 3.41. The maximum absolute atomic E-state index is 11.1. The van der Waals surface area contributed by atoms with Gasteiger partial charge >= 0.3 is 0 Å². The molecular formula is C8H15NO. The van der Waals surface area contributed by atoms with Gasteiger partial charge in [0.2, 0.25) is 0 Å². The first-order chi connectivity index (χ1) is 4.48. The average Bonchev–Trinajstić information content (AvgIpc) is 1.80. The summed E-state index contributed by atoms with van der Waals surface area (Å²) in [6.45, 7) is 6.96. The molecule has 0 aliphatic heterocycles. The number of hydrogen-bond donors (Lipinski definition) is 1. The van der Waals surface area contributed by atoms with E-state index >= 15 is 0 Å². The average molecular weight is 141 g/mol. The van der Waals surface area contributed by atoms with Crippen molar-refractivity contribution in [2.24, 2.45) is 5.73 Å². The highest BCUT2D eigenvalue weighted by molar-refractivity contribution is 5.87. The van der Waals surface area contributed by atoms with Crippen LogP contribution in [0.25, 0.3) is 0 Å². The molecule has 0 amide bonds. The van der Waals surface area contributed by atoms with Gasteiger partial charge in [-0.25, -0.2) is 0 Å². The van der Waals surface area contributed by atoms with Gasteiger partial charge in [0.15, 0.2) is 5.78 Å². The number of allylic oxidation sites excluding steroid dienone is 1. The minimum absolute atomic E-state index is 0.0902. The molecule has 0 spiro atoms. The third-order valence-corrected chi connectivity index (χ3v) is 1.29. The minimum Gasteiger partial charge on any atom is -0.319 e. The lowest BCUT2D eigenvalue weighted by molar-refractivity contribution is -0.123. The first-order valence-electron chi connectivity index (χ1n) is 3.41. The summed E-state index contributed by atoms with van der Waals surface area (Å²) in [5.41, 5.74) is 4.86. The van der Waals surface area contributed by atoms with Crippen molar-refractivity contribution in [2.75, 3.05) is 0 Å². The van der Waals surface area contributed by atoms with Gasteiger partial charge in [-0.15, -0.1) is 6.58 Å². The predicted molar refractivity (Wildman–Crippen MR) is 42.7 cm³/mol. The summed E-state index contributed by atoms with van der Waals surface area (Å²) in [6.07, 6.45) is 2.95. The van der Waals surface area contributed by atoms with Crippen molar-refractivity contribution in [3.8, 4) is 0 Å². The molecule has 0 aromatic rings. The molecule has 0 aliphatic carbocycles. The van der Waals surface area contributed by atoms with Crippen molar-refractivity contribution >= 4 is 5.78 Å². The summed E-state index contributed by atoms with van der Waals surface area (Å²) in [5.74, 6) is 0.0902. The highest BCUT2D eigenvalue weighted by Gasteiger charge is 2.19. The SMILES string of the molecule is C=CCCC(=O)C(C)(C)N. The van der Waals surface area contributed by atoms with E-state index in [2.05, 4.69) is 6.58 Å². The van der Waals surface area contributed by atoms with Gasteiger partial charge in [-0.1, -0.05) is 6.08 Å². The van der Waals surface area contributed by atoms with Crippen LogP contribution >= 0.6 is 0 Å². The van der Waals surface area contributed by atoms with Crippen molar-refractivity contribution in [2.45, 2.75) is 32.2 Å². The van der Waals surface area contributed by atoms with Crippen LogP contribution in [0.2, 0.25) is 0 Å². The molecule has 0 aliphatic rings. The maximum atomic E-state index is 11.1. The molecule has 0 bridgehead atoms. The Bertz CT molecular complexity index is 133. The Morgan fingerprint density at radius 2 is 2.20 bits per heavy atom. The lowest BCUT2D eigenvalue weighted by Gasteiger charge is -2.15. The number of ketones is 1. The van der Waals surface area contributed by atoms with Gasteiger partial charge in [0, 0.05) is 6.42 Å². The van der Waals surface area contributed by atoms with E-state index < -0.39 is 5.54 Å². The van der Waals surface area contributed by atoms with Crippen molar-refractivity contribution in [1.29, 1.82) is 0 Å². The molecule has 2 nitrogen and oxygen atoms in total. The quantitative estimate of drug-likeness (QED) is 0.599. The largest absolute Gasteiger partial charge is 0.319 e. The number of carbonyl (C=O) groups excluding carboxylic acids is 1. The van der Waals surface area contributed by atoms with Crippen LogP contribution in [0.4, 0.5) is 0 Å². The second kappa shape index (κ2) is 3.52. The normalized spacial score (nSPS) is 11.1. The third-order valence-electron chi connectivity index (χ3n) is 1.29. The Labute approximate surface area is 62.1 Å². The van der Waals surface area contributed by atoms with Crippen molar-refractivity contribution in [1.82, 2.24) is 0 Å². The topological polar surface area (TPSA) is 43.1 Å². The summed E-state index contributed by atoms with van der Waals surface area (Å²) >= 11 is 0. The number of nitrogens with two attached hydrogens (primary N) is 1. The van der Waals surface area contributed by atoms with E-state index in [0.717, 1.165) is 6.42 Å². The summed E-state index contributed by atoms with van der Waals surface area (Å²) in [6, 6.07) is 0. The number of rotatable bonds is 4. The second-order valence-corrected chi connectivity index (χ2v) is 2.97. The summed E-state index contributed by atoms with van der Waals surface area (Å²) < 4.78 is 0. The molecule has 2 heteroatoms. The van der Waals surface area contributed by atoms with Crippen LogP contribution in [-0.4, -0.2) is 11.3 Å². The fourth-order valence-corrected chi connectivity index (χ4v) is 0.555. The van der Waals surface area contributed by atoms with Gasteiger partial charge in [0.25, 0.3) is 0 Å². The fourth-order valence-electron chi connectivity index (χ4n) is 0.555. The molecule has 0 atom stereocenters. The van der Waals surface area contributed by atoms with Crippen LogP contribution < -0.4 is 5.73 Å². The van der Waals surface area contributed by atoms with Crippen LogP contribution in [-0.2, 0) is 4.79 Å². The van der Waals surface area contributed by atoms with Crippen LogP contribution in [0, 0.1) is 0 Å². The number of hydrogen-bond acceptors (Lipinski definition) is 2. The molecule has 10 heavy (non-hydrogen) atoms.